The van der Waals surface area contributed by atoms with Gasteiger partial charge in [-0.3, -0.25) is 0 Å². The van der Waals surface area contributed by atoms with E-state index in [1.54, 1.807) is 4.90 Å². The summed E-state index contributed by atoms with van der Waals surface area (Å²) in [7, 11) is 1.87. The monoisotopic (exact) mass is 241 g/mol. The van der Waals surface area contributed by atoms with Crippen molar-refractivity contribution in [2.45, 2.75) is 39.7 Å². The van der Waals surface area contributed by atoms with E-state index in [0.717, 1.165) is 32.6 Å². The summed E-state index contributed by atoms with van der Waals surface area (Å²) < 4.78 is 0. The smallest absolute Gasteiger partial charge is 0.319 e. The molecule has 100 valence electrons. The van der Waals surface area contributed by atoms with E-state index >= 15 is 0 Å². The first-order chi connectivity index (χ1) is 8.04. The molecule has 1 aliphatic rings. The lowest BCUT2D eigenvalue weighted by Crippen LogP contribution is -2.48. The molecule has 1 N–H and O–H groups in total. The Morgan fingerprint density at radius 3 is 2.82 bits per heavy atom. The van der Waals surface area contributed by atoms with Crippen LogP contribution in [-0.2, 0) is 0 Å². The van der Waals surface area contributed by atoms with E-state index in [4.69, 9.17) is 0 Å². The first kappa shape index (κ1) is 14.3. The lowest BCUT2D eigenvalue weighted by molar-refractivity contribution is 0.136. The summed E-state index contributed by atoms with van der Waals surface area (Å²) in [6.07, 6.45) is 2.37. The first-order valence-corrected chi connectivity index (χ1v) is 6.78. The Morgan fingerprint density at radius 1 is 1.53 bits per heavy atom. The van der Waals surface area contributed by atoms with E-state index in [1.165, 1.54) is 6.42 Å². The number of nitrogens with zero attached hydrogens (tertiary/aromatic N) is 2. The number of hydrogen-bond donors (Lipinski definition) is 1. The lowest BCUT2D eigenvalue weighted by Gasteiger charge is -2.35. The van der Waals surface area contributed by atoms with Crippen LogP contribution in [0, 0.1) is 5.92 Å². The minimum absolute atomic E-state index is 0.182. The molecule has 4 heteroatoms. The maximum Gasteiger partial charge on any atom is 0.319 e. The van der Waals surface area contributed by atoms with Crippen LogP contribution in [0.2, 0.25) is 0 Å². The van der Waals surface area contributed by atoms with Gasteiger partial charge in [0.15, 0.2) is 0 Å². The molecule has 1 aliphatic heterocycles. The van der Waals surface area contributed by atoms with Crippen molar-refractivity contribution in [3.05, 3.63) is 0 Å². The molecule has 0 aromatic heterocycles. The molecule has 0 aromatic rings. The minimum Gasteiger partial charge on any atom is -0.328 e. The third-order valence-electron chi connectivity index (χ3n) is 3.41. The molecule has 0 aromatic carbocycles. The van der Waals surface area contributed by atoms with E-state index in [1.807, 2.05) is 18.9 Å². The standard InChI is InChI=1S/C13H27N3O/c1-5-15(4)13(17)16-8-6-7-12(10-16)9-14-11(2)3/h11-12,14H,5-10H2,1-4H3. The first-order valence-electron chi connectivity index (χ1n) is 6.78. The second-order valence-electron chi connectivity index (χ2n) is 5.31. The van der Waals surface area contributed by atoms with Crippen LogP contribution in [0.5, 0.6) is 0 Å². The predicted octanol–water partition coefficient (Wildman–Crippen LogP) is 1.77. The molecule has 17 heavy (non-hydrogen) atoms. The van der Waals surface area contributed by atoms with Gasteiger partial charge in [0.25, 0.3) is 0 Å². The van der Waals surface area contributed by atoms with Gasteiger partial charge in [-0.05, 0) is 32.2 Å². The van der Waals surface area contributed by atoms with Crippen molar-refractivity contribution in [1.29, 1.82) is 0 Å². The number of piperidine rings is 1. The number of carbonyl (C=O) groups excluding carboxylic acids is 1. The molecule has 0 aliphatic carbocycles. The fraction of sp³-hybridized carbons (Fsp3) is 0.923. The summed E-state index contributed by atoms with van der Waals surface area (Å²) in [6, 6.07) is 0.709. The summed E-state index contributed by atoms with van der Waals surface area (Å²) in [5, 5.41) is 3.47. The molecule has 0 spiro atoms. The Hall–Kier alpha value is -0.770. The van der Waals surface area contributed by atoms with Gasteiger partial charge >= 0.3 is 6.03 Å². The SMILES string of the molecule is CCN(C)C(=O)N1CCCC(CNC(C)C)C1. The number of hydrogen-bond acceptors (Lipinski definition) is 2. The van der Waals surface area contributed by atoms with E-state index in [0.29, 0.717) is 12.0 Å². The van der Waals surface area contributed by atoms with Crippen molar-refractivity contribution < 1.29 is 4.79 Å². The van der Waals surface area contributed by atoms with Crippen LogP contribution in [-0.4, -0.2) is 55.1 Å². The lowest BCUT2D eigenvalue weighted by atomic mass is 9.98. The highest BCUT2D eigenvalue weighted by Gasteiger charge is 2.24. The number of urea groups is 1. The Morgan fingerprint density at radius 2 is 2.24 bits per heavy atom. The Kier molecular flexibility index (Phi) is 5.75. The Balaban J connectivity index is 2.40. The molecule has 0 radical (unpaired) electrons. The molecule has 1 fully saturated rings. The zero-order valence-electron chi connectivity index (χ0n) is 11.7. The van der Waals surface area contributed by atoms with Gasteiger partial charge in [0, 0.05) is 32.7 Å². The second-order valence-corrected chi connectivity index (χ2v) is 5.31. The number of carbonyl (C=O) groups is 1. The molecule has 0 bridgehead atoms. The van der Waals surface area contributed by atoms with Crippen LogP contribution in [0.4, 0.5) is 4.79 Å². The summed E-state index contributed by atoms with van der Waals surface area (Å²) >= 11 is 0. The van der Waals surface area contributed by atoms with E-state index in [2.05, 4.69) is 19.2 Å². The number of rotatable bonds is 4. The fourth-order valence-corrected chi connectivity index (χ4v) is 2.18. The fourth-order valence-electron chi connectivity index (χ4n) is 2.18. The van der Waals surface area contributed by atoms with Crippen LogP contribution < -0.4 is 5.32 Å². The molecular formula is C13H27N3O. The third-order valence-corrected chi connectivity index (χ3v) is 3.41. The molecular weight excluding hydrogens is 214 g/mol. The van der Waals surface area contributed by atoms with Crippen molar-refractivity contribution in [1.82, 2.24) is 15.1 Å². The van der Waals surface area contributed by atoms with Crippen molar-refractivity contribution in [3.8, 4) is 0 Å². The highest BCUT2D eigenvalue weighted by atomic mass is 16.2. The highest BCUT2D eigenvalue weighted by Crippen LogP contribution is 2.17. The number of amides is 2. The largest absolute Gasteiger partial charge is 0.328 e. The second kappa shape index (κ2) is 6.84. The molecule has 0 saturated carbocycles. The van der Waals surface area contributed by atoms with Gasteiger partial charge in [-0.2, -0.15) is 0 Å². The van der Waals surface area contributed by atoms with Crippen LogP contribution >= 0.6 is 0 Å². The van der Waals surface area contributed by atoms with Gasteiger partial charge in [-0.15, -0.1) is 0 Å². The van der Waals surface area contributed by atoms with Crippen LogP contribution in [0.25, 0.3) is 0 Å². The molecule has 1 unspecified atom stereocenters. The Bertz CT molecular complexity index is 243. The number of likely N-dealkylation sites (tertiary alicyclic amines) is 1. The van der Waals surface area contributed by atoms with Crippen LogP contribution in [0.3, 0.4) is 0 Å². The predicted molar refractivity (Wildman–Crippen MR) is 71.1 cm³/mol. The van der Waals surface area contributed by atoms with Crippen molar-refractivity contribution in [2.75, 3.05) is 33.2 Å². The van der Waals surface area contributed by atoms with Crippen molar-refractivity contribution in [3.63, 3.8) is 0 Å². The summed E-state index contributed by atoms with van der Waals surface area (Å²) in [6.45, 7) is 9.97. The summed E-state index contributed by atoms with van der Waals surface area (Å²) in [5.74, 6) is 0.611. The van der Waals surface area contributed by atoms with Crippen LogP contribution in [0.1, 0.15) is 33.6 Å². The van der Waals surface area contributed by atoms with Gasteiger partial charge in [-0.25, -0.2) is 4.79 Å². The molecule has 1 heterocycles. The normalized spacial score (nSPS) is 20.8. The minimum atomic E-state index is 0.182. The molecule has 1 atom stereocenters. The topological polar surface area (TPSA) is 35.6 Å². The van der Waals surface area contributed by atoms with Gasteiger partial charge in [-0.1, -0.05) is 13.8 Å². The molecule has 1 rings (SSSR count). The van der Waals surface area contributed by atoms with E-state index < -0.39 is 0 Å². The maximum absolute atomic E-state index is 12.0. The third kappa shape index (κ3) is 4.54. The molecule has 2 amide bonds. The van der Waals surface area contributed by atoms with Crippen molar-refractivity contribution in [2.24, 2.45) is 5.92 Å². The van der Waals surface area contributed by atoms with Gasteiger partial charge < -0.3 is 15.1 Å². The van der Waals surface area contributed by atoms with E-state index in [-0.39, 0.29) is 6.03 Å². The van der Waals surface area contributed by atoms with Gasteiger partial charge in [0.1, 0.15) is 0 Å². The average Bonchev–Trinajstić information content (AvgIpc) is 2.34. The maximum atomic E-state index is 12.0. The zero-order valence-corrected chi connectivity index (χ0v) is 11.7. The van der Waals surface area contributed by atoms with Crippen molar-refractivity contribution >= 4 is 6.03 Å². The summed E-state index contributed by atoms with van der Waals surface area (Å²) in [4.78, 5) is 15.8. The average molecular weight is 241 g/mol. The van der Waals surface area contributed by atoms with Crippen LogP contribution in [0.15, 0.2) is 0 Å². The Labute approximate surface area is 105 Å². The van der Waals surface area contributed by atoms with Gasteiger partial charge in [0.2, 0.25) is 0 Å². The quantitative estimate of drug-likeness (QED) is 0.814. The summed E-state index contributed by atoms with van der Waals surface area (Å²) in [5.41, 5.74) is 0. The highest BCUT2D eigenvalue weighted by molar-refractivity contribution is 5.74. The van der Waals surface area contributed by atoms with E-state index in [9.17, 15) is 4.79 Å². The molecule has 1 saturated heterocycles. The zero-order chi connectivity index (χ0) is 12.8. The van der Waals surface area contributed by atoms with Gasteiger partial charge in [0.05, 0.1) is 0 Å². The number of nitrogens with one attached hydrogen (secondary N) is 1. The molecule has 4 nitrogen and oxygen atoms in total.